The van der Waals surface area contributed by atoms with E-state index in [0.29, 0.717) is 6.54 Å². The summed E-state index contributed by atoms with van der Waals surface area (Å²) in [6, 6.07) is 10.2. The van der Waals surface area contributed by atoms with Crippen LogP contribution in [0.2, 0.25) is 0 Å². The average molecular weight is 427 g/mol. The molecule has 7 heteroatoms. The van der Waals surface area contributed by atoms with E-state index in [-0.39, 0.29) is 5.91 Å². The molecule has 0 spiro atoms. The number of nitrogens with one attached hydrogen (secondary N) is 1. The Morgan fingerprint density at radius 2 is 1.86 bits per heavy atom. The van der Waals surface area contributed by atoms with Crippen LogP contribution in [-0.4, -0.2) is 53.4 Å². The Labute approximate surface area is 180 Å². The van der Waals surface area contributed by atoms with Gasteiger partial charge in [-0.2, -0.15) is 0 Å². The Hall–Kier alpha value is -2.06. The number of nitrogens with zero attached hydrogens (tertiary/aromatic N) is 3. The molecule has 1 fully saturated rings. The van der Waals surface area contributed by atoms with Crippen molar-refractivity contribution >= 4 is 34.3 Å². The molecule has 2 aromatic heterocycles. The van der Waals surface area contributed by atoms with E-state index < -0.39 is 0 Å². The lowest BCUT2D eigenvalue weighted by atomic mass is 10.1. The topological polar surface area (TPSA) is 48.5 Å². The summed E-state index contributed by atoms with van der Waals surface area (Å²) in [5.74, 6) is 0.0627. The van der Waals surface area contributed by atoms with E-state index in [1.165, 1.54) is 10.4 Å². The molecule has 1 aliphatic rings. The lowest BCUT2D eigenvalue weighted by Gasteiger charge is -2.33. The Morgan fingerprint density at radius 3 is 2.62 bits per heavy atom. The maximum atomic E-state index is 12.5. The highest BCUT2D eigenvalue weighted by Crippen LogP contribution is 2.26. The zero-order valence-corrected chi connectivity index (χ0v) is 18.5. The van der Waals surface area contributed by atoms with Crippen molar-refractivity contribution in [3.05, 3.63) is 57.2 Å². The minimum atomic E-state index is 0.0627. The smallest absolute Gasteiger partial charge is 0.238 e. The molecule has 1 N–H and O–H groups in total. The molecule has 0 saturated carbocycles. The number of thiophene rings is 1. The quantitative estimate of drug-likeness (QED) is 0.640. The first kappa shape index (κ1) is 20.2. The van der Waals surface area contributed by atoms with Crippen molar-refractivity contribution in [2.45, 2.75) is 20.4 Å². The molecule has 3 aromatic rings. The van der Waals surface area contributed by atoms with Gasteiger partial charge in [0.05, 0.1) is 23.7 Å². The van der Waals surface area contributed by atoms with Crippen LogP contribution < -0.4 is 5.32 Å². The molecular weight excluding hydrogens is 400 g/mol. The predicted molar refractivity (Wildman–Crippen MR) is 122 cm³/mol. The number of benzene rings is 1. The molecule has 1 amide bonds. The fourth-order valence-electron chi connectivity index (χ4n) is 3.50. The molecule has 0 bridgehead atoms. The van der Waals surface area contributed by atoms with Gasteiger partial charge in [-0.3, -0.25) is 14.6 Å². The van der Waals surface area contributed by atoms with Crippen LogP contribution in [0, 0.1) is 13.8 Å². The molecule has 1 saturated heterocycles. The number of carbonyl (C=O) groups excluding carboxylic acids is 1. The molecule has 0 aliphatic carbocycles. The fourth-order valence-corrected chi connectivity index (χ4v) is 5.09. The van der Waals surface area contributed by atoms with Gasteiger partial charge in [0.15, 0.2) is 0 Å². The number of piperazine rings is 1. The summed E-state index contributed by atoms with van der Waals surface area (Å²) in [5, 5.41) is 8.46. The number of thiazole rings is 1. The molecule has 3 heterocycles. The van der Waals surface area contributed by atoms with E-state index in [1.807, 2.05) is 19.1 Å². The number of aromatic nitrogens is 1. The summed E-state index contributed by atoms with van der Waals surface area (Å²) in [6.45, 7) is 9.18. The Bertz CT molecular complexity index is 959. The molecule has 152 valence electrons. The molecule has 1 aromatic carbocycles. The zero-order valence-electron chi connectivity index (χ0n) is 16.9. The van der Waals surface area contributed by atoms with Crippen LogP contribution in [0.3, 0.4) is 0 Å². The Kier molecular flexibility index (Phi) is 6.40. The van der Waals surface area contributed by atoms with E-state index in [2.05, 4.69) is 51.0 Å². The standard InChI is InChI=1S/C22H26N4OS2/c1-16-5-3-6-18(17(16)2)23-21(27)13-25-8-10-26(11-9-25)14-22-24-19(15-29-22)20-7-4-12-28-20/h3-7,12,15H,8-11,13-14H2,1-2H3,(H,23,27). The third-order valence-electron chi connectivity index (χ3n) is 5.40. The van der Waals surface area contributed by atoms with Crippen LogP contribution in [0.4, 0.5) is 5.69 Å². The second kappa shape index (κ2) is 9.17. The zero-order chi connectivity index (χ0) is 20.2. The number of anilines is 1. The lowest BCUT2D eigenvalue weighted by molar-refractivity contribution is -0.117. The minimum absolute atomic E-state index is 0.0627. The summed E-state index contributed by atoms with van der Waals surface area (Å²) in [4.78, 5) is 23.1. The number of amides is 1. The van der Waals surface area contributed by atoms with Gasteiger partial charge in [-0.1, -0.05) is 18.2 Å². The van der Waals surface area contributed by atoms with Crippen LogP contribution in [0.15, 0.2) is 41.1 Å². The van der Waals surface area contributed by atoms with Gasteiger partial charge in [-0.25, -0.2) is 4.98 Å². The van der Waals surface area contributed by atoms with Crippen LogP contribution in [-0.2, 0) is 11.3 Å². The third-order valence-corrected chi connectivity index (χ3v) is 7.12. The number of carbonyl (C=O) groups is 1. The fraction of sp³-hybridized carbons (Fsp3) is 0.364. The monoisotopic (exact) mass is 426 g/mol. The molecule has 1 aliphatic heterocycles. The molecule has 4 rings (SSSR count). The summed E-state index contributed by atoms with van der Waals surface area (Å²) in [5.41, 5.74) is 4.33. The van der Waals surface area contributed by atoms with Gasteiger partial charge in [0.1, 0.15) is 5.01 Å². The van der Waals surface area contributed by atoms with E-state index in [0.717, 1.165) is 54.7 Å². The highest BCUT2D eigenvalue weighted by molar-refractivity contribution is 7.14. The molecule has 0 atom stereocenters. The van der Waals surface area contributed by atoms with Crippen molar-refractivity contribution < 1.29 is 4.79 Å². The molecule has 0 unspecified atom stereocenters. The number of hydrogen-bond acceptors (Lipinski definition) is 6. The number of aryl methyl sites for hydroxylation is 1. The predicted octanol–water partition coefficient (Wildman–Crippen LogP) is 4.24. The SMILES string of the molecule is Cc1cccc(NC(=O)CN2CCN(Cc3nc(-c4cccs4)cs3)CC2)c1C. The van der Waals surface area contributed by atoms with Crippen molar-refractivity contribution in [1.29, 1.82) is 0 Å². The van der Waals surface area contributed by atoms with Crippen molar-refractivity contribution in [2.24, 2.45) is 0 Å². The second-order valence-corrected chi connectivity index (χ2v) is 9.34. The van der Waals surface area contributed by atoms with Crippen molar-refractivity contribution in [2.75, 3.05) is 38.0 Å². The minimum Gasteiger partial charge on any atom is -0.325 e. The van der Waals surface area contributed by atoms with Crippen LogP contribution in [0.25, 0.3) is 10.6 Å². The van der Waals surface area contributed by atoms with E-state index >= 15 is 0 Å². The van der Waals surface area contributed by atoms with E-state index in [9.17, 15) is 4.79 Å². The molecule has 29 heavy (non-hydrogen) atoms. The highest BCUT2D eigenvalue weighted by atomic mass is 32.1. The normalized spacial score (nSPS) is 15.5. The van der Waals surface area contributed by atoms with Gasteiger partial charge in [-0.05, 0) is 42.5 Å². The number of rotatable bonds is 6. The Balaban J connectivity index is 1.24. The van der Waals surface area contributed by atoms with Gasteiger partial charge in [-0.15, -0.1) is 22.7 Å². The molecular formula is C22H26N4OS2. The van der Waals surface area contributed by atoms with E-state index in [1.54, 1.807) is 22.7 Å². The van der Waals surface area contributed by atoms with Gasteiger partial charge in [0.2, 0.25) is 5.91 Å². The maximum absolute atomic E-state index is 12.5. The van der Waals surface area contributed by atoms with Crippen molar-refractivity contribution in [3.63, 3.8) is 0 Å². The largest absolute Gasteiger partial charge is 0.325 e. The third kappa shape index (κ3) is 5.11. The first-order valence-corrected chi connectivity index (χ1v) is 11.6. The van der Waals surface area contributed by atoms with Crippen LogP contribution in [0.5, 0.6) is 0 Å². The lowest BCUT2D eigenvalue weighted by Crippen LogP contribution is -2.48. The average Bonchev–Trinajstić information content (AvgIpc) is 3.39. The second-order valence-electron chi connectivity index (χ2n) is 7.45. The summed E-state index contributed by atoms with van der Waals surface area (Å²) in [7, 11) is 0. The van der Waals surface area contributed by atoms with Gasteiger partial charge >= 0.3 is 0 Å². The van der Waals surface area contributed by atoms with Gasteiger partial charge in [0, 0.05) is 37.2 Å². The van der Waals surface area contributed by atoms with Gasteiger partial charge in [0.25, 0.3) is 0 Å². The molecule has 0 radical (unpaired) electrons. The maximum Gasteiger partial charge on any atom is 0.238 e. The van der Waals surface area contributed by atoms with Crippen LogP contribution >= 0.6 is 22.7 Å². The van der Waals surface area contributed by atoms with Crippen molar-refractivity contribution in [3.8, 4) is 10.6 Å². The first-order valence-electron chi connectivity index (χ1n) is 9.87. The van der Waals surface area contributed by atoms with Gasteiger partial charge < -0.3 is 5.32 Å². The summed E-state index contributed by atoms with van der Waals surface area (Å²) < 4.78 is 0. The van der Waals surface area contributed by atoms with Crippen molar-refractivity contribution in [1.82, 2.24) is 14.8 Å². The molecule has 5 nitrogen and oxygen atoms in total. The summed E-state index contributed by atoms with van der Waals surface area (Å²) in [6.07, 6.45) is 0. The van der Waals surface area contributed by atoms with E-state index in [4.69, 9.17) is 4.98 Å². The number of hydrogen-bond donors (Lipinski definition) is 1. The van der Waals surface area contributed by atoms with Crippen LogP contribution in [0.1, 0.15) is 16.1 Å². The summed E-state index contributed by atoms with van der Waals surface area (Å²) >= 11 is 3.46. The Morgan fingerprint density at radius 1 is 1.07 bits per heavy atom. The highest BCUT2D eigenvalue weighted by Gasteiger charge is 2.20. The first-order chi connectivity index (χ1) is 14.1.